The number of guanidine groups is 1. The van der Waals surface area contributed by atoms with E-state index in [-0.39, 0.29) is 11.9 Å². The summed E-state index contributed by atoms with van der Waals surface area (Å²) in [4.78, 5) is 7.00. The number of nitrogens with zero attached hydrogens (tertiary/aromatic N) is 2. The van der Waals surface area contributed by atoms with Crippen molar-refractivity contribution in [3.63, 3.8) is 0 Å². The molecule has 0 bridgehead atoms. The molecule has 2 heterocycles. The Balaban J connectivity index is 1.71. The van der Waals surface area contributed by atoms with Gasteiger partial charge in [0.25, 0.3) is 0 Å². The van der Waals surface area contributed by atoms with E-state index in [4.69, 9.17) is 0 Å². The smallest absolute Gasteiger partial charge is 0.195 e. The van der Waals surface area contributed by atoms with Crippen molar-refractivity contribution < 1.29 is 4.39 Å². The maximum Gasteiger partial charge on any atom is 0.195 e. The molecule has 4 rings (SSSR count). The second-order valence-corrected chi connectivity index (χ2v) is 6.04. The molecule has 1 aromatic rings. The van der Waals surface area contributed by atoms with Gasteiger partial charge in [0.15, 0.2) is 5.96 Å². The lowest BCUT2D eigenvalue weighted by Gasteiger charge is -2.38. The molecule has 3 atom stereocenters. The summed E-state index contributed by atoms with van der Waals surface area (Å²) in [6, 6.07) is 8.35. The Morgan fingerprint density at radius 1 is 1.15 bits per heavy atom. The fourth-order valence-electron chi connectivity index (χ4n) is 4.00. The minimum absolute atomic E-state index is 0.0852. The van der Waals surface area contributed by atoms with Crippen molar-refractivity contribution in [2.24, 2.45) is 4.99 Å². The van der Waals surface area contributed by atoms with E-state index in [9.17, 15) is 4.39 Å². The van der Waals surface area contributed by atoms with Crippen LogP contribution in [0.2, 0.25) is 0 Å². The van der Waals surface area contributed by atoms with E-state index in [0.717, 1.165) is 24.5 Å². The zero-order chi connectivity index (χ0) is 13.5. The van der Waals surface area contributed by atoms with E-state index in [1.807, 2.05) is 12.1 Å². The second kappa shape index (κ2) is 4.76. The normalized spacial score (nSPS) is 32.1. The predicted octanol–water partition coefficient (Wildman–Crippen LogP) is 2.84. The van der Waals surface area contributed by atoms with Crippen LogP contribution in [0.4, 0.5) is 4.39 Å². The van der Waals surface area contributed by atoms with Crippen LogP contribution < -0.4 is 5.32 Å². The quantitative estimate of drug-likeness (QED) is 0.852. The first-order valence-electron chi connectivity index (χ1n) is 7.68. The maximum atomic E-state index is 14.2. The Morgan fingerprint density at radius 2 is 2.00 bits per heavy atom. The summed E-state index contributed by atoms with van der Waals surface area (Å²) in [6.07, 6.45) is 5.89. The number of fused-ring (bicyclic) bond motifs is 3. The fourth-order valence-corrected chi connectivity index (χ4v) is 4.00. The topological polar surface area (TPSA) is 27.6 Å². The van der Waals surface area contributed by atoms with Crippen LogP contribution in [0.15, 0.2) is 29.3 Å². The SMILES string of the molecule is Fc1ccccc1C1CCN=C2NC3CCCCC3N21. The third-order valence-electron chi connectivity index (χ3n) is 4.91. The van der Waals surface area contributed by atoms with Crippen LogP contribution in [-0.2, 0) is 0 Å². The monoisotopic (exact) mass is 273 g/mol. The van der Waals surface area contributed by atoms with Crippen molar-refractivity contribution in [2.45, 2.75) is 50.2 Å². The lowest BCUT2D eigenvalue weighted by molar-refractivity contribution is 0.185. The van der Waals surface area contributed by atoms with E-state index < -0.39 is 0 Å². The van der Waals surface area contributed by atoms with Crippen LogP contribution in [-0.4, -0.2) is 29.5 Å². The molecule has 3 aliphatic rings. The molecule has 0 radical (unpaired) electrons. The lowest BCUT2D eigenvalue weighted by atomic mass is 9.89. The molecule has 1 saturated heterocycles. The van der Waals surface area contributed by atoms with Gasteiger partial charge in [0.1, 0.15) is 5.82 Å². The Morgan fingerprint density at radius 3 is 2.90 bits per heavy atom. The van der Waals surface area contributed by atoms with Gasteiger partial charge in [0.2, 0.25) is 0 Å². The van der Waals surface area contributed by atoms with E-state index in [1.54, 1.807) is 12.1 Å². The zero-order valence-electron chi connectivity index (χ0n) is 11.6. The summed E-state index contributed by atoms with van der Waals surface area (Å²) < 4.78 is 14.2. The molecule has 0 aromatic heterocycles. The number of aliphatic imine (C=N–C) groups is 1. The molecular formula is C16H20FN3. The second-order valence-electron chi connectivity index (χ2n) is 6.04. The summed E-state index contributed by atoms with van der Waals surface area (Å²) in [5.74, 6) is 0.916. The zero-order valence-corrected chi connectivity index (χ0v) is 11.6. The fraction of sp³-hybridized carbons (Fsp3) is 0.562. The van der Waals surface area contributed by atoms with Crippen LogP contribution in [0.1, 0.15) is 43.7 Å². The van der Waals surface area contributed by atoms with E-state index >= 15 is 0 Å². The van der Waals surface area contributed by atoms with E-state index in [1.165, 1.54) is 25.7 Å². The Bertz CT molecular complexity index is 542. The van der Waals surface area contributed by atoms with Crippen LogP contribution in [0, 0.1) is 5.82 Å². The van der Waals surface area contributed by atoms with Gasteiger partial charge in [-0.25, -0.2) is 4.39 Å². The summed E-state index contributed by atoms with van der Waals surface area (Å²) in [7, 11) is 0. The van der Waals surface area contributed by atoms with Gasteiger partial charge in [-0.05, 0) is 25.3 Å². The summed E-state index contributed by atoms with van der Waals surface area (Å²) in [6.45, 7) is 0.789. The molecule has 3 nitrogen and oxygen atoms in total. The largest absolute Gasteiger partial charge is 0.351 e. The molecular weight excluding hydrogens is 253 g/mol. The third-order valence-corrected chi connectivity index (χ3v) is 4.91. The lowest BCUT2D eigenvalue weighted by Crippen LogP contribution is -2.43. The van der Waals surface area contributed by atoms with Gasteiger partial charge < -0.3 is 10.2 Å². The number of hydrogen-bond acceptors (Lipinski definition) is 3. The van der Waals surface area contributed by atoms with Crippen molar-refractivity contribution in [3.05, 3.63) is 35.6 Å². The first-order valence-corrected chi connectivity index (χ1v) is 7.68. The molecule has 2 fully saturated rings. The van der Waals surface area contributed by atoms with Crippen molar-refractivity contribution in [1.82, 2.24) is 10.2 Å². The van der Waals surface area contributed by atoms with Crippen LogP contribution in [0.5, 0.6) is 0 Å². The van der Waals surface area contributed by atoms with Crippen molar-refractivity contribution >= 4 is 5.96 Å². The van der Waals surface area contributed by atoms with Gasteiger partial charge in [-0.2, -0.15) is 0 Å². The minimum Gasteiger partial charge on any atom is -0.351 e. The van der Waals surface area contributed by atoms with Crippen molar-refractivity contribution in [2.75, 3.05) is 6.54 Å². The average Bonchev–Trinajstić information content (AvgIpc) is 2.86. The summed E-state index contributed by atoms with van der Waals surface area (Å²) >= 11 is 0. The molecule has 0 amide bonds. The third kappa shape index (κ3) is 1.81. The van der Waals surface area contributed by atoms with Crippen molar-refractivity contribution in [3.8, 4) is 0 Å². The maximum absolute atomic E-state index is 14.2. The number of benzene rings is 1. The molecule has 2 aliphatic heterocycles. The van der Waals surface area contributed by atoms with E-state index in [2.05, 4.69) is 15.2 Å². The van der Waals surface area contributed by atoms with Crippen LogP contribution >= 0.6 is 0 Å². The van der Waals surface area contributed by atoms with Crippen molar-refractivity contribution in [1.29, 1.82) is 0 Å². The highest BCUT2D eigenvalue weighted by Crippen LogP contribution is 2.38. The molecule has 106 valence electrons. The molecule has 1 saturated carbocycles. The Kier molecular flexibility index (Phi) is 2.90. The highest BCUT2D eigenvalue weighted by atomic mass is 19.1. The molecule has 3 unspecified atom stereocenters. The van der Waals surface area contributed by atoms with Gasteiger partial charge in [-0.1, -0.05) is 31.0 Å². The van der Waals surface area contributed by atoms with Gasteiger partial charge >= 0.3 is 0 Å². The van der Waals surface area contributed by atoms with Gasteiger partial charge in [-0.15, -0.1) is 0 Å². The molecule has 0 spiro atoms. The first kappa shape index (κ1) is 12.2. The Labute approximate surface area is 118 Å². The van der Waals surface area contributed by atoms with E-state index in [0.29, 0.717) is 12.1 Å². The van der Waals surface area contributed by atoms with Crippen LogP contribution in [0.25, 0.3) is 0 Å². The number of rotatable bonds is 1. The predicted molar refractivity (Wildman–Crippen MR) is 77.1 cm³/mol. The van der Waals surface area contributed by atoms with Gasteiger partial charge in [-0.3, -0.25) is 4.99 Å². The van der Waals surface area contributed by atoms with Crippen LogP contribution in [0.3, 0.4) is 0 Å². The Hall–Kier alpha value is -1.58. The number of halogens is 1. The number of hydrogen-bond donors (Lipinski definition) is 1. The molecule has 1 aliphatic carbocycles. The highest BCUT2D eigenvalue weighted by molar-refractivity contribution is 5.84. The molecule has 1 aromatic carbocycles. The molecule has 1 N–H and O–H groups in total. The standard InChI is InChI=1S/C16H20FN3/c17-12-6-2-1-5-11(12)14-9-10-18-16-19-13-7-3-4-8-15(13)20(14)16/h1-2,5-6,13-15H,3-4,7-10H2,(H,18,19). The first-order chi connectivity index (χ1) is 9.84. The van der Waals surface area contributed by atoms with Gasteiger partial charge in [0.05, 0.1) is 12.1 Å². The minimum atomic E-state index is -0.0852. The molecule has 20 heavy (non-hydrogen) atoms. The summed E-state index contributed by atoms with van der Waals surface area (Å²) in [5, 5.41) is 3.57. The highest BCUT2D eigenvalue weighted by Gasteiger charge is 2.44. The number of nitrogens with one attached hydrogen (secondary N) is 1. The average molecular weight is 273 g/mol. The summed E-state index contributed by atoms with van der Waals surface area (Å²) in [5.41, 5.74) is 0.827. The molecule has 4 heteroatoms. The van der Waals surface area contributed by atoms with Gasteiger partial charge in [0, 0.05) is 18.2 Å².